The molecule has 0 unspecified atom stereocenters. The van der Waals surface area contributed by atoms with E-state index in [-0.39, 0.29) is 6.79 Å². The Morgan fingerprint density at radius 1 is 1.16 bits per heavy atom. The number of fused-ring (bicyclic) bond motifs is 1. The quantitative estimate of drug-likeness (QED) is 0.906. The summed E-state index contributed by atoms with van der Waals surface area (Å²) in [5.74, 6) is 2.14. The molecule has 0 radical (unpaired) electrons. The Morgan fingerprint density at radius 2 is 1.89 bits per heavy atom. The molecule has 98 valence electrons. The summed E-state index contributed by atoms with van der Waals surface area (Å²) in [5, 5.41) is 0. The third-order valence-electron chi connectivity index (χ3n) is 2.92. The van der Waals surface area contributed by atoms with Crippen molar-refractivity contribution in [3.63, 3.8) is 0 Å². The molecule has 1 aliphatic heterocycles. The summed E-state index contributed by atoms with van der Waals surface area (Å²) < 4.78 is 16.5. The van der Waals surface area contributed by atoms with Gasteiger partial charge >= 0.3 is 0 Å². The lowest BCUT2D eigenvalue weighted by Gasteiger charge is -2.11. The van der Waals surface area contributed by atoms with Crippen molar-refractivity contribution in [3.05, 3.63) is 47.8 Å². The fraction of sp³-hybridized carbons (Fsp3) is 0.214. The van der Waals surface area contributed by atoms with Crippen LogP contribution in [0, 0.1) is 0 Å². The lowest BCUT2D eigenvalue weighted by atomic mass is 10.1. The number of nitrogens with two attached hydrogens (primary N) is 1. The van der Waals surface area contributed by atoms with E-state index in [4.69, 9.17) is 19.9 Å². The van der Waals surface area contributed by atoms with Gasteiger partial charge in [0.1, 0.15) is 12.4 Å². The highest BCUT2D eigenvalue weighted by molar-refractivity contribution is 5.51. The third kappa shape index (κ3) is 2.46. The molecule has 1 aromatic heterocycles. The van der Waals surface area contributed by atoms with E-state index >= 15 is 0 Å². The van der Waals surface area contributed by atoms with Gasteiger partial charge < -0.3 is 19.9 Å². The third-order valence-corrected chi connectivity index (χ3v) is 2.92. The molecule has 0 aliphatic carbocycles. The van der Waals surface area contributed by atoms with Crippen molar-refractivity contribution in [2.45, 2.75) is 13.2 Å². The van der Waals surface area contributed by atoms with Crippen molar-refractivity contribution in [2.75, 3.05) is 6.79 Å². The van der Waals surface area contributed by atoms with Crippen LogP contribution in [0.2, 0.25) is 0 Å². The maximum Gasteiger partial charge on any atom is 0.231 e. The Kier molecular flexibility index (Phi) is 3.20. The van der Waals surface area contributed by atoms with Crippen LogP contribution in [0.25, 0.3) is 0 Å². The van der Waals surface area contributed by atoms with Crippen LogP contribution in [0.1, 0.15) is 11.1 Å². The Morgan fingerprint density at radius 3 is 2.63 bits per heavy atom. The van der Waals surface area contributed by atoms with Crippen molar-refractivity contribution in [3.8, 4) is 17.2 Å². The second-order valence-electron chi connectivity index (χ2n) is 4.16. The minimum absolute atomic E-state index is 0.243. The van der Waals surface area contributed by atoms with E-state index < -0.39 is 0 Å². The van der Waals surface area contributed by atoms with Gasteiger partial charge in [0, 0.05) is 30.6 Å². The molecule has 2 aromatic rings. The highest BCUT2D eigenvalue weighted by Gasteiger charge is 2.17. The fourth-order valence-electron chi connectivity index (χ4n) is 1.90. The second-order valence-corrected chi connectivity index (χ2v) is 4.16. The molecule has 3 rings (SSSR count). The number of aromatic nitrogens is 1. The smallest absolute Gasteiger partial charge is 0.231 e. The number of nitrogens with zero attached hydrogens (tertiary/aromatic N) is 1. The number of pyridine rings is 1. The van der Waals surface area contributed by atoms with Crippen LogP contribution in [-0.2, 0) is 13.2 Å². The van der Waals surface area contributed by atoms with Crippen molar-refractivity contribution in [1.82, 2.24) is 4.98 Å². The van der Waals surface area contributed by atoms with E-state index in [0.717, 1.165) is 22.6 Å². The summed E-state index contributed by atoms with van der Waals surface area (Å²) in [7, 11) is 0. The minimum atomic E-state index is 0.243. The zero-order valence-corrected chi connectivity index (χ0v) is 10.3. The van der Waals surface area contributed by atoms with Crippen LogP contribution in [0.3, 0.4) is 0 Å². The van der Waals surface area contributed by atoms with Crippen LogP contribution in [0.4, 0.5) is 0 Å². The first-order valence-corrected chi connectivity index (χ1v) is 6.01. The van der Waals surface area contributed by atoms with Crippen molar-refractivity contribution >= 4 is 0 Å². The molecule has 1 aliphatic rings. The Bertz CT molecular complexity index is 572. The summed E-state index contributed by atoms with van der Waals surface area (Å²) >= 11 is 0. The Labute approximate surface area is 110 Å². The Balaban J connectivity index is 1.80. The van der Waals surface area contributed by atoms with E-state index in [1.54, 1.807) is 12.4 Å². The van der Waals surface area contributed by atoms with Crippen LogP contribution in [0.5, 0.6) is 17.2 Å². The molecule has 1 aromatic carbocycles. The zero-order valence-electron chi connectivity index (χ0n) is 10.3. The lowest BCUT2D eigenvalue weighted by Crippen LogP contribution is -2.03. The van der Waals surface area contributed by atoms with Gasteiger partial charge in [0.2, 0.25) is 6.79 Å². The first-order valence-electron chi connectivity index (χ1n) is 6.01. The average molecular weight is 258 g/mol. The summed E-state index contributed by atoms with van der Waals surface area (Å²) in [6.07, 6.45) is 3.48. The molecule has 5 nitrogen and oxygen atoms in total. The molecular weight excluding hydrogens is 244 g/mol. The summed E-state index contributed by atoms with van der Waals surface area (Å²) in [4.78, 5) is 3.97. The van der Waals surface area contributed by atoms with Gasteiger partial charge in [0.05, 0.1) is 0 Å². The summed E-state index contributed by atoms with van der Waals surface area (Å²) in [6, 6.07) is 7.51. The lowest BCUT2D eigenvalue weighted by molar-refractivity contribution is 0.173. The molecule has 0 spiro atoms. The zero-order chi connectivity index (χ0) is 13.1. The van der Waals surface area contributed by atoms with Gasteiger partial charge in [0.25, 0.3) is 0 Å². The molecule has 5 heteroatoms. The Hall–Kier alpha value is -2.27. The van der Waals surface area contributed by atoms with E-state index in [9.17, 15) is 0 Å². The molecule has 0 fully saturated rings. The highest BCUT2D eigenvalue weighted by Crippen LogP contribution is 2.38. The number of rotatable bonds is 4. The SMILES string of the molecule is NCc1cc2c(cc1OCc1ccncc1)OCO2. The second kappa shape index (κ2) is 5.16. The molecule has 0 bridgehead atoms. The molecule has 0 atom stereocenters. The van der Waals surface area contributed by atoms with Crippen molar-refractivity contribution < 1.29 is 14.2 Å². The highest BCUT2D eigenvalue weighted by atomic mass is 16.7. The first-order chi connectivity index (χ1) is 9.36. The van der Waals surface area contributed by atoms with E-state index in [2.05, 4.69) is 4.98 Å². The largest absolute Gasteiger partial charge is 0.488 e. The van der Waals surface area contributed by atoms with E-state index in [1.165, 1.54) is 0 Å². The minimum Gasteiger partial charge on any atom is -0.488 e. The van der Waals surface area contributed by atoms with E-state index in [0.29, 0.717) is 18.9 Å². The predicted molar refractivity (Wildman–Crippen MR) is 69.0 cm³/mol. The fourth-order valence-corrected chi connectivity index (χ4v) is 1.90. The van der Waals surface area contributed by atoms with E-state index in [1.807, 2.05) is 24.3 Å². The molecule has 2 heterocycles. The standard InChI is InChI=1S/C14H14N2O3/c15-7-11-5-13-14(19-9-18-13)6-12(11)17-8-10-1-3-16-4-2-10/h1-6H,7-9,15H2. The topological polar surface area (TPSA) is 66.6 Å². The number of ether oxygens (including phenoxy) is 3. The van der Waals surface area contributed by atoms with Gasteiger partial charge in [-0.2, -0.15) is 0 Å². The van der Waals surface area contributed by atoms with Crippen LogP contribution in [0.15, 0.2) is 36.7 Å². The summed E-state index contributed by atoms with van der Waals surface area (Å²) in [5.41, 5.74) is 7.68. The predicted octanol–water partition coefficient (Wildman–Crippen LogP) is 1.85. The van der Waals surface area contributed by atoms with Crippen LogP contribution >= 0.6 is 0 Å². The van der Waals surface area contributed by atoms with Gasteiger partial charge in [-0.1, -0.05) is 0 Å². The van der Waals surface area contributed by atoms with Crippen molar-refractivity contribution in [2.24, 2.45) is 5.73 Å². The maximum atomic E-state index is 5.80. The number of hydrogen-bond acceptors (Lipinski definition) is 5. The molecule has 0 saturated heterocycles. The van der Waals surface area contributed by atoms with Crippen LogP contribution < -0.4 is 19.9 Å². The molecular formula is C14H14N2O3. The van der Waals surface area contributed by atoms with Gasteiger partial charge in [-0.25, -0.2) is 0 Å². The van der Waals surface area contributed by atoms with Gasteiger partial charge in [-0.15, -0.1) is 0 Å². The number of hydrogen-bond donors (Lipinski definition) is 1. The monoisotopic (exact) mass is 258 g/mol. The average Bonchev–Trinajstić information content (AvgIpc) is 2.92. The molecule has 0 saturated carbocycles. The molecule has 19 heavy (non-hydrogen) atoms. The van der Waals surface area contributed by atoms with Gasteiger partial charge in [-0.3, -0.25) is 4.98 Å². The number of benzene rings is 1. The molecule has 2 N–H and O–H groups in total. The maximum absolute atomic E-state index is 5.80. The van der Waals surface area contributed by atoms with Gasteiger partial charge in [-0.05, 0) is 23.8 Å². The molecule has 0 amide bonds. The summed E-state index contributed by atoms with van der Waals surface area (Å²) in [6.45, 7) is 1.10. The normalized spacial score (nSPS) is 12.5. The van der Waals surface area contributed by atoms with Crippen LogP contribution in [-0.4, -0.2) is 11.8 Å². The van der Waals surface area contributed by atoms with Gasteiger partial charge in [0.15, 0.2) is 11.5 Å². The van der Waals surface area contributed by atoms with Crippen molar-refractivity contribution in [1.29, 1.82) is 0 Å². The first kappa shape index (κ1) is 11.8.